The molecule has 0 aliphatic carbocycles. The largest absolute Gasteiger partial charge is 0.493 e. The summed E-state index contributed by atoms with van der Waals surface area (Å²) in [6.45, 7) is 6.69. The van der Waals surface area contributed by atoms with Gasteiger partial charge in [-0.15, -0.1) is 0 Å². The van der Waals surface area contributed by atoms with Crippen LogP contribution in [0.15, 0.2) is 47.1 Å². The van der Waals surface area contributed by atoms with Crippen LogP contribution < -0.4 is 10.1 Å². The molecule has 0 saturated carbocycles. The molecular weight excluding hydrogens is 420 g/mol. The maximum Gasteiger partial charge on any atom is 0.341 e. The second-order valence-corrected chi connectivity index (χ2v) is 7.03. The molecule has 6 heteroatoms. The molecule has 1 heterocycles. The maximum absolute atomic E-state index is 12.5. The molecule has 1 aromatic heterocycles. The SMILES string of the molecule is CCOC(=O)c1cnc2cc(OCC)c(Br)cc2c1Nc1ccc(CC)cc1. The Morgan fingerprint density at radius 3 is 2.50 bits per heavy atom. The Balaban J connectivity index is 2.14. The minimum absolute atomic E-state index is 0.300. The minimum atomic E-state index is -0.408. The molecule has 28 heavy (non-hydrogen) atoms. The zero-order chi connectivity index (χ0) is 20.1. The third kappa shape index (κ3) is 4.28. The number of rotatable bonds is 7. The Bertz CT molecular complexity index is 987. The van der Waals surface area contributed by atoms with Crippen molar-refractivity contribution >= 4 is 44.2 Å². The quantitative estimate of drug-likeness (QED) is 0.462. The van der Waals surface area contributed by atoms with Gasteiger partial charge in [0.15, 0.2) is 0 Å². The number of benzene rings is 2. The van der Waals surface area contributed by atoms with E-state index in [2.05, 4.69) is 45.3 Å². The number of halogens is 1. The standard InChI is InChI=1S/C22H23BrN2O3/c1-4-14-7-9-15(10-8-14)25-21-16-11-18(23)20(27-5-2)12-19(16)24-13-17(21)22(26)28-6-3/h7-13H,4-6H2,1-3H3,(H,24,25). The van der Waals surface area contributed by atoms with Crippen LogP contribution in [0.3, 0.4) is 0 Å². The van der Waals surface area contributed by atoms with Gasteiger partial charge in [-0.1, -0.05) is 19.1 Å². The topological polar surface area (TPSA) is 60.5 Å². The fourth-order valence-corrected chi connectivity index (χ4v) is 3.38. The van der Waals surface area contributed by atoms with Crippen molar-refractivity contribution in [3.63, 3.8) is 0 Å². The lowest BCUT2D eigenvalue weighted by atomic mass is 10.1. The van der Waals surface area contributed by atoms with Crippen LogP contribution in [0.25, 0.3) is 10.9 Å². The Labute approximate surface area is 173 Å². The van der Waals surface area contributed by atoms with Gasteiger partial charge >= 0.3 is 5.97 Å². The van der Waals surface area contributed by atoms with Crippen LogP contribution in [0.5, 0.6) is 5.75 Å². The number of esters is 1. The molecule has 2 aromatic carbocycles. The van der Waals surface area contributed by atoms with E-state index in [0.717, 1.165) is 27.5 Å². The Morgan fingerprint density at radius 2 is 1.86 bits per heavy atom. The number of aryl methyl sites for hydroxylation is 1. The number of pyridine rings is 1. The highest BCUT2D eigenvalue weighted by Crippen LogP contribution is 2.36. The predicted octanol–water partition coefficient (Wildman–Crippen LogP) is 5.88. The van der Waals surface area contributed by atoms with Gasteiger partial charge in [-0.2, -0.15) is 0 Å². The second-order valence-electron chi connectivity index (χ2n) is 6.18. The highest BCUT2D eigenvalue weighted by atomic mass is 79.9. The van der Waals surface area contributed by atoms with Crippen molar-refractivity contribution in [2.45, 2.75) is 27.2 Å². The summed E-state index contributed by atoms with van der Waals surface area (Å²) < 4.78 is 11.7. The van der Waals surface area contributed by atoms with E-state index in [1.807, 2.05) is 31.2 Å². The molecule has 0 radical (unpaired) electrons. The van der Waals surface area contributed by atoms with Crippen LogP contribution in [0, 0.1) is 0 Å². The van der Waals surface area contributed by atoms with Crippen molar-refractivity contribution in [2.24, 2.45) is 0 Å². The number of nitrogens with zero attached hydrogens (tertiary/aromatic N) is 1. The second kappa shape index (κ2) is 9.06. The number of aromatic nitrogens is 1. The number of fused-ring (bicyclic) bond motifs is 1. The predicted molar refractivity (Wildman–Crippen MR) is 116 cm³/mol. The first kappa shape index (κ1) is 20.1. The van der Waals surface area contributed by atoms with Gasteiger partial charge in [0.25, 0.3) is 0 Å². The van der Waals surface area contributed by atoms with Crippen LogP contribution in [-0.2, 0) is 11.2 Å². The fourth-order valence-electron chi connectivity index (χ4n) is 2.93. The lowest BCUT2D eigenvalue weighted by molar-refractivity contribution is 0.0527. The maximum atomic E-state index is 12.5. The number of hydrogen-bond donors (Lipinski definition) is 1. The summed E-state index contributed by atoms with van der Waals surface area (Å²) in [4.78, 5) is 17.0. The van der Waals surface area contributed by atoms with Gasteiger partial charge < -0.3 is 14.8 Å². The van der Waals surface area contributed by atoms with Gasteiger partial charge in [-0.3, -0.25) is 4.98 Å². The molecule has 0 saturated heterocycles. The van der Waals surface area contributed by atoms with Crippen molar-refractivity contribution in [1.82, 2.24) is 4.98 Å². The monoisotopic (exact) mass is 442 g/mol. The first-order valence-corrected chi connectivity index (χ1v) is 10.1. The summed E-state index contributed by atoms with van der Waals surface area (Å²) in [5.41, 5.74) is 3.92. The molecular formula is C22H23BrN2O3. The van der Waals surface area contributed by atoms with Gasteiger partial charge in [-0.05, 0) is 60.0 Å². The summed E-state index contributed by atoms with van der Waals surface area (Å²) in [6.07, 6.45) is 2.52. The van der Waals surface area contributed by atoms with E-state index in [1.54, 1.807) is 13.1 Å². The molecule has 0 fully saturated rings. The zero-order valence-corrected chi connectivity index (χ0v) is 17.8. The van der Waals surface area contributed by atoms with Gasteiger partial charge in [-0.25, -0.2) is 4.79 Å². The van der Waals surface area contributed by atoms with Gasteiger partial charge in [0.1, 0.15) is 11.3 Å². The molecule has 3 rings (SSSR count). The van der Waals surface area contributed by atoms with Gasteiger partial charge in [0.05, 0.1) is 28.9 Å². The third-order valence-electron chi connectivity index (χ3n) is 4.35. The minimum Gasteiger partial charge on any atom is -0.493 e. The van der Waals surface area contributed by atoms with E-state index in [9.17, 15) is 4.79 Å². The van der Waals surface area contributed by atoms with E-state index >= 15 is 0 Å². The summed E-state index contributed by atoms with van der Waals surface area (Å²) in [5, 5.41) is 4.19. The number of ether oxygens (including phenoxy) is 2. The van der Waals surface area contributed by atoms with Crippen LogP contribution in [0.2, 0.25) is 0 Å². The zero-order valence-electron chi connectivity index (χ0n) is 16.2. The highest BCUT2D eigenvalue weighted by molar-refractivity contribution is 9.10. The molecule has 3 aromatic rings. The number of hydrogen-bond acceptors (Lipinski definition) is 5. The Kier molecular flexibility index (Phi) is 6.52. The molecule has 0 spiro atoms. The molecule has 0 unspecified atom stereocenters. The van der Waals surface area contributed by atoms with Gasteiger partial charge in [0, 0.05) is 23.3 Å². The number of nitrogens with one attached hydrogen (secondary N) is 1. The average Bonchev–Trinajstić information content (AvgIpc) is 2.70. The first-order valence-electron chi connectivity index (χ1n) is 9.35. The summed E-state index contributed by atoms with van der Waals surface area (Å²) in [7, 11) is 0. The molecule has 0 amide bonds. The van der Waals surface area contributed by atoms with Crippen LogP contribution in [0.1, 0.15) is 36.7 Å². The number of carbonyl (C=O) groups is 1. The normalized spacial score (nSPS) is 10.7. The summed E-state index contributed by atoms with van der Waals surface area (Å²) in [6, 6.07) is 11.9. The number of carbonyl (C=O) groups excluding carboxylic acids is 1. The molecule has 5 nitrogen and oxygen atoms in total. The van der Waals surface area contributed by atoms with E-state index in [4.69, 9.17) is 9.47 Å². The average molecular weight is 443 g/mol. The Morgan fingerprint density at radius 1 is 1.11 bits per heavy atom. The van der Waals surface area contributed by atoms with Crippen molar-refractivity contribution in [3.8, 4) is 5.75 Å². The first-order chi connectivity index (χ1) is 13.6. The third-order valence-corrected chi connectivity index (χ3v) is 4.97. The van der Waals surface area contributed by atoms with Gasteiger partial charge in [0.2, 0.25) is 0 Å². The van der Waals surface area contributed by atoms with E-state index < -0.39 is 5.97 Å². The Hall–Kier alpha value is -2.60. The van der Waals surface area contributed by atoms with Crippen molar-refractivity contribution in [1.29, 1.82) is 0 Å². The highest BCUT2D eigenvalue weighted by Gasteiger charge is 2.18. The van der Waals surface area contributed by atoms with Crippen LogP contribution in [0.4, 0.5) is 11.4 Å². The molecule has 0 aliphatic rings. The molecule has 0 aliphatic heterocycles. The molecule has 0 bridgehead atoms. The molecule has 146 valence electrons. The molecule has 1 N–H and O–H groups in total. The smallest absolute Gasteiger partial charge is 0.341 e. The van der Waals surface area contributed by atoms with Crippen molar-refractivity contribution < 1.29 is 14.3 Å². The van der Waals surface area contributed by atoms with E-state index in [1.165, 1.54) is 5.56 Å². The lowest BCUT2D eigenvalue weighted by Gasteiger charge is -2.16. The van der Waals surface area contributed by atoms with Crippen LogP contribution >= 0.6 is 15.9 Å². The van der Waals surface area contributed by atoms with Crippen LogP contribution in [-0.4, -0.2) is 24.2 Å². The molecule has 0 atom stereocenters. The van der Waals surface area contributed by atoms with Crippen molar-refractivity contribution in [2.75, 3.05) is 18.5 Å². The lowest BCUT2D eigenvalue weighted by Crippen LogP contribution is -2.09. The fraction of sp³-hybridized carbons (Fsp3) is 0.273. The summed E-state index contributed by atoms with van der Waals surface area (Å²) >= 11 is 3.55. The van der Waals surface area contributed by atoms with E-state index in [-0.39, 0.29) is 0 Å². The number of anilines is 2. The van der Waals surface area contributed by atoms with E-state index in [0.29, 0.717) is 30.2 Å². The summed E-state index contributed by atoms with van der Waals surface area (Å²) in [5.74, 6) is 0.305. The van der Waals surface area contributed by atoms with Crippen molar-refractivity contribution in [3.05, 3.63) is 58.2 Å².